The largest absolute Gasteiger partial charge is 0.504 e. The summed E-state index contributed by atoms with van der Waals surface area (Å²) in [5.41, 5.74) is 0.635. The van der Waals surface area contributed by atoms with Gasteiger partial charge in [-0.3, -0.25) is 4.79 Å². The van der Waals surface area contributed by atoms with Gasteiger partial charge in [-0.2, -0.15) is 0 Å². The van der Waals surface area contributed by atoms with E-state index in [1.807, 2.05) is 0 Å². The maximum absolute atomic E-state index is 10.8. The molecule has 0 amide bonds. The zero-order valence-corrected chi connectivity index (χ0v) is 7.47. The molecule has 14 heavy (non-hydrogen) atoms. The molecule has 2 N–H and O–H groups in total. The Morgan fingerprint density at radius 1 is 1.29 bits per heavy atom. The first-order chi connectivity index (χ1) is 6.63. The maximum Gasteiger partial charge on any atom is 0.178 e. The van der Waals surface area contributed by atoms with Crippen molar-refractivity contribution in [1.29, 1.82) is 0 Å². The van der Waals surface area contributed by atoms with Gasteiger partial charge in [-0.05, 0) is 29.8 Å². The van der Waals surface area contributed by atoms with Crippen LogP contribution >= 0.6 is 0 Å². The third kappa shape index (κ3) is 2.48. The van der Waals surface area contributed by atoms with Crippen LogP contribution in [-0.2, 0) is 4.79 Å². The Labute approximate surface area is 81.6 Å². The second kappa shape index (κ2) is 4.28. The van der Waals surface area contributed by atoms with E-state index in [-0.39, 0.29) is 17.3 Å². The van der Waals surface area contributed by atoms with E-state index in [9.17, 15) is 4.79 Å². The zero-order chi connectivity index (χ0) is 10.6. The molecule has 0 heterocycles. The number of benzene rings is 1. The van der Waals surface area contributed by atoms with Crippen LogP contribution in [0, 0.1) is 0 Å². The van der Waals surface area contributed by atoms with Gasteiger partial charge in [-0.25, -0.2) is 0 Å². The Hall–Kier alpha value is -2.03. The fourth-order valence-electron chi connectivity index (χ4n) is 0.891. The number of allylic oxidation sites excluding steroid dienone is 2. The second-order valence-corrected chi connectivity index (χ2v) is 2.69. The normalized spacial score (nSPS) is 10.3. The molecule has 0 saturated carbocycles. The number of hydrogen-bond acceptors (Lipinski definition) is 3. The molecule has 0 bridgehead atoms. The highest BCUT2D eigenvalue weighted by atomic mass is 16.3. The van der Waals surface area contributed by atoms with Crippen molar-refractivity contribution in [3.63, 3.8) is 0 Å². The first kappa shape index (κ1) is 10.1. The van der Waals surface area contributed by atoms with Crippen LogP contribution in [0.4, 0.5) is 0 Å². The van der Waals surface area contributed by atoms with Crippen LogP contribution in [-0.4, -0.2) is 16.0 Å². The van der Waals surface area contributed by atoms with Crippen molar-refractivity contribution in [1.82, 2.24) is 0 Å². The van der Waals surface area contributed by atoms with E-state index in [1.165, 1.54) is 30.4 Å². The molecule has 0 fully saturated rings. The van der Waals surface area contributed by atoms with Crippen molar-refractivity contribution in [3.8, 4) is 11.5 Å². The summed E-state index contributed by atoms with van der Waals surface area (Å²) in [5.74, 6) is -0.604. The van der Waals surface area contributed by atoms with E-state index in [1.54, 1.807) is 6.07 Å². The molecule has 1 rings (SSSR count). The van der Waals surface area contributed by atoms with Gasteiger partial charge in [-0.15, -0.1) is 0 Å². The van der Waals surface area contributed by atoms with Crippen molar-refractivity contribution in [2.24, 2.45) is 0 Å². The smallest absolute Gasteiger partial charge is 0.178 e. The quantitative estimate of drug-likeness (QED) is 0.565. The molecule has 0 radical (unpaired) electrons. The van der Waals surface area contributed by atoms with Crippen molar-refractivity contribution < 1.29 is 15.0 Å². The fraction of sp³-hybridized carbons (Fsp3) is 0. The van der Waals surface area contributed by atoms with Crippen LogP contribution in [0.25, 0.3) is 6.08 Å². The fourth-order valence-corrected chi connectivity index (χ4v) is 0.891. The van der Waals surface area contributed by atoms with E-state index < -0.39 is 0 Å². The lowest BCUT2D eigenvalue weighted by Gasteiger charge is -1.97. The van der Waals surface area contributed by atoms with Crippen molar-refractivity contribution in [2.75, 3.05) is 0 Å². The third-order valence-electron chi connectivity index (χ3n) is 1.64. The summed E-state index contributed by atoms with van der Waals surface area (Å²) in [4.78, 5) is 10.8. The van der Waals surface area contributed by atoms with Gasteiger partial charge in [0.25, 0.3) is 0 Å². The third-order valence-corrected chi connectivity index (χ3v) is 1.64. The second-order valence-electron chi connectivity index (χ2n) is 2.69. The zero-order valence-electron chi connectivity index (χ0n) is 7.47. The van der Waals surface area contributed by atoms with Crippen LogP contribution in [0.2, 0.25) is 0 Å². The number of carbonyl (C=O) groups is 1. The Balaban J connectivity index is 2.88. The maximum atomic E-state index is 10.8. The van der Waals surface area contributed by atoms with Crippen LogP contribution in [0.1, 0.15) is 5.56 Å². The summed E-state index contributed by atoms with van der Waals surface area (Å²) in [7, 11) is 0. The summed E-state index contributed by atoms with van der Waals surface area (Å²) in [5, 5.41) is 18.1. The lowest BCUT2D eigenvalue weighted by Crippen LogP contribution is -1.82. The molecule has 0 atom stereocenters. The van der Waals surface area contributed by atoms with Gasteiger partial charge in [0, 0.05) is 0 Å². The molecule has 0 aliphatic carbocycles. The number of phenols is 2. The summed E-state index contributed by atoms with van der Waals surface area (Å²) in [6, 6.07) is 4.30. The lowest BCUT2D eigenvalue weighted by atomic mass is 10.2. The first-order valence-electron chi connectivity index (χ1n) is 4.00. The highest BCUT2D eigenvalue weighted by molar-refractivity contribution is 6.01. The number of phenolic OH excluding ortho intramolecular Hbond substituents is 2. The minimum absolute atomic E-state index is 0.183. The molecule has 0 aromatic heterocycles. The van der Waals surface area contributed by atoms with Gasteiger partial charge in [0.15, 0.2) is 17.3 Å². The average molecular weight is 190 g/mol. The van der Waals surface area contributed by atoms with E-state index >= 15 is 0 Å². The summed E-state index contributed by atoms with van der Waals surface area (Å²) >= 11 is 0. The van der Waals surface area contributed by atoms with E-state index in [2.05, 4.69) is 6.58 Å². The highest BCUT2D eigenvalue weighted by Crippen LogP contribution is 2.25. The van der Waals surface area contributed by atoms with Crippen molar-refractivity contribution >= 4 is 11.9 Å². The Bertz CT molecular complexity index is 392. The van der Waals surface area contributed by atoms with Gasteiger partial charge in [0.05, 0.1) is 0 Å². The molecule has 1 aromatic carbocycles. The van der Waals surface area contributed by atoms with Crippen molar-refractivity contribution in [3.05, 3.63) is 42.5 Å². The number of hydrogen-bond donors (Lipinski definition) is 2. The topological polar surface area (TPSA) is 57.5 Å². The first-order valence-corrected chi connectivity index (χ1v) is 4.00. The Morgan fingerprint density at radius 3 is 2.57 bits per heavy atom. The predicted octanol–water partition coefficient (Wildman–Crippen LogP) is 1.87. The van der Waals surface area contributed by atoms with Gasteiger partial charge in [0.2, 0.25) is 0 Å². The van der Waals surface area contributed by atoms with E-state index in [4.69, 9.17) is 10.2 Å². The van der Waals surface area contributed by atoms with Crippen LogP contribution in [0.5, 0.6) is 11.5 Å². The van der Waals surface area contributed by atoms with Crippen molar-refractivity contribution in [2.45, 2.75) is 0 Å². The van der Waals surface area contributed by atoms with Crippen LogP contribution < -0.4 is 0 Å². The van der Waals surface area contributed by atoms with E-state index in [0.29, 0.717) is 5.56 Å². The average Bonchev–Trinajstić information content (AvgIpc) is 2.19. The molecular weight excluding hydrogens is 180 g/mol. The molecule has 3 nitrogen and oxygen atoms in total. The number of carbonyl (C=O) groups excluding carboxylic acids is 1. The molecule has 3 heteroatoms. The van der Waals surface area contributed by atoms with Gasteiger partial charge < -0.3 is 10.2 Å². The van der Waals surface area contributed by atoms with E-state index in [0.717, 1.165) is 0 Å². The molecule has 0 aliphatic heterocycles. The van der Waals surface area contributed by atoms with Crippen LogP contribution in [0.15, 0.2) is 36.9 Å². The minimum Gasteiger partial charge on any atom is -0.504 e. The molecule has 0 unspecified atom stereocenters. The number of aromatic hydroxyl groups is 2. The van der Waals surface area contributed by atoms with Gasteiger partial charge in [-0.1, -0.05) is 18.7 Å². The highest BCUT2D eigenvalue weighted by Gasteiger charge is 1.97. The van der Waals surface area contributed by atoms with Crippen LogP contribution in [0.3, 0.4) is 0 Å². The summed E-state index contributed by atoms with van der Waals surface area (Å²) in [6.45, 7) is 3.31. The molecule has 1 aromatic rings. The number of rotatable bonds is 3. The Kier molecular flexibility index (Phi) is 3.07. The number of ketones is 1. The molecule has 0 saturated heterocycles. The molecule has 72 valence electrons. The standard InChI is InChI=1S/C11H10O3/c1-2-9(12)5-3-8-4-6-10(13)11(14)7-8/h2-7,13-14H,1H2. The SMILES string of the molecule is C=CC(=O)C=Cc1ccc(O)c(O)c1. The minimum atomic E-state index is -0.211. The molecule has 0 aliphatic rings. The Morgan fingerprint density at radius 2 is 2.00 bits per heavy atom. The summed E-state index contributed by atoms with van der Waals surface area (Å²) < 4.78 is 0. The summed E-state index contributed by atoms with van der Waals surface area (Å²) in [6.07, 6.45) is 4.05. The monoisotopic (exact) mass is 190 g/mol. The van der Waals surface area contributed by atoms with Gasteiger partial charge in [0.1, 0.15) is 0 Å². The molecule has 0 spiro atoms. The predicted molar refractivity (Wildman–Crippen MR) is 54.0 cm³/mol. The molecular formula is C11H10O3. The van der Waals surface area contributed by atoms with Gasteiger partial charge >= 0.3 is 0 Å². The lowest BCUT2D eigenvalue weighted by molar-refractivity contribution is -0.110.